The van der Waals surface area contributed by atoms with Crippen LogP contribution in [0.5, 0.6) is 0 Å². The molecule has 1 rings (SSSR count). The van der Waals surface area contributed by atoms with E-state index in [4.69, 9.17) is 18.0 Å². The predicted octanol–water partition coefficient (Wildman–Crippen LogP) is 0.0836. The van der Waals surface area contributed by atoms with Gasteiger partial charge in [0.25, 0.3) is 0 Å². The van der Waals surface area contributed by atoms with Crippen LogP contribution in [0, 0.1) is 5.92 Å². The highest BCUT2D eigenvalue weighted by Gasteiger charge is 2.22. The molecule has 0 aromatic rings. The van der Waals surface area contributed by atoms with Gasteiger partial charge in [0.1, 0.15) is 0 Å². The molecule has 0 spiro atoms. The number of carbonyl (C=O) groups excluding carboxylic acids is 2. The molecule has 1 saturated carbocycles. The Morgan fingerprint density at radius 3 is 2.65 bits per heavy atom. The summed E-state index contributed by atoms with van der Waals surface area (Å²) in [4.78, 5) is 22.9. The third-order valence-corrected chi connectivity index (χ3v) is 3.00. The zero-order chi connectivity index (χ0) is 12.8. The van der Waals surface area contributed by atoms with Crippen LogP contribution < -0.4 is 16.4 Å². The largest absolute Gasteiger partial charge is 0.393 e. The third-order valence-electron chi connectivity index (χ3n) is 2.64. The molecule has 6 heteroatoms. The molecule has 0 aromatic heterocycles. The van der Waals surface area contributed by atoms with Crippen LogP contribution in [0.1, 0.15) is 32.6 Å². The van der Waals surface area contributed by atoms with Crippen LogP contribution in [0.4, 0.5) is 0 Å². The van der Waals surface area contributed by atoms with Crippen molar-refractivity contribution in [3.63, 3.8) is 0 Å². The second kappa shape index (κ2) is 6.54. The highest BCUT2D eigenvalue weighted by molar-refractivity contribution is 7.80. The van der Waals surface area contributed by atoms with E-state index in [1.54, 1.807) is 6.92 Å². The van der Waals surface area contributed by atoms with E-state index >= 15 is 0 Å². The molecule has 0 bridgehead atoms. The Morgan fingerprint density at radius 1 is 1.47 bits per heavy atom. The number of nitrogens with two attached hydrogens (primary N) is 1. The van der Waals surface area contributed by atoms with Gasteiger partial charge in [0.15, 0.2) is 0 Å². The minimum absolute atomic E-state index is 0.0594. The summed E-state index contributed by atoms with van der Waals surface area (Å²) >= 11 is 4.72. The molecular weight excluding hydrogens is 238 g/mol. The molecule has 2 amide bonds. The quantitative estimate of drug-likeness (QED) is 0.445. The van der Waals surface area contributed by atoms with Crippen LogP contribution in [0.15, 0.2) is 0 Å². The second-order valence-corrected chi connectivity index (χ2v) is 4.83. The summed E-state index contributed by atoms with van der Waals surface area (Å²) in [5, 5.41) is 5.59. The molecule has 0 aromatic carbocycles. The predicted molar refractivity (Wildman–Crippen MR) is 69.4 cm³/mol. The summed E-state index contributed by atoms with van der Waals surface area (Å²) in [7, 11) is 0. The number of carbonyl (C=O) groups is 2. The fourth-order valence-electron chi connectivity index (χ4n) is 1.27. The Morgan fingerprint density at radius 2 is 2.12 bits per heavy atom. The monoisotopic (exact) mass is 257 g/mol. The van der Waals surface area contributed by atoms with E-state index in [2.05, 4.69) is 10.6 Å². The number of hydrogen-bond donors (Lipinski definition) is 3. The highest BCUT2D eigenvalue weighted by atomic mass is 32.1. The first kappa shape index (κ1) is 13.9. The standard InChI is InChI=1S/C11H19N3O2S/c1-7(10(12)17)11(16)13-6-2-3-9(15)14-8-4-5-8/h7-8H,2-6H2,1H3,(H2,12,17)(H,13,16)(H,14,15). The van der Waals surface area contributed by atoms with Crippen LogP contribution in [0.25, 0.3) is 0 Å². The molecule has 0 aliphatic heterocycles. The number of hydrogen-bond acceptors (Lipinski definition) is 3. The molecule has 1 aliphatic carbocycles. The number of amides is 2. The lowest BCUT2D eigenvalue weighted by Gasteiger charge is -2.10. The van der Waals surface area contributed by atoms with E-state index in [0.29, 0.717) is 25.4 Å². The van der Waals surface area contributed by atoms with Gasteiger partial charge in [0.2, 0.25) is 11.8 Å². The van der Waals surface area contributed by atoms with Gasteiger partial charge in [-0.1, -0.05) is 12.2 Å². The minimum atomic E-state index is -0.453. The van der Waals surface area contributed by atoms with Gasteiger partial charge in [0, 0.05) is 19.0 Å². The Kier molecular flexibility index (Phi) is 5.34. The van der Waals surface area contributed by atoms with Gasteiger partial charge in [-0.2, -0.15) is 0 Å². The summed E-state index contributed by atoms with van der Waals surface area (Å²) in [6, 6.07) is 0.395. The fraction of sp³-hybridized carbons (Fsp3) is 0.727. The first-order valence-electron chi connectivity index (χ1n) is 5.87. The lowest BCUT2D eigenvalue weighted by molar-refractivity contribution is -0.123. The van der Waals surface area contributed by atoms with Gasteiger partial charge in [0.05, 0.1) is 10.9 Å². The first-order valence-corrected chi connectivity index (χ1v) is 6.28. The average Bonchev–Trinajstić information content (AvgIpc) is 3.06. The van der Waals surface area contributed by atoms with E-state index < -0.39 is 5.92 Å². The lowest BCUT2D eigenvalue weighted by atomic mass is 10.1. The van der Waals surface area contributed by atoms with Gasteiger partial charge < -0.3 is 16.4 Å². The van der Waals surface area contributed by atoms with Gasteiger partial charge >= 0.3 is 0 Å². The Hall–Kier alpha value is -1.17. The smallest absolute Gasteiger partial charge is 0.229 e. The lowest BCUT2D eigenvalue weighted by Crippen LogP contribution is -2.36. The Labute approximate surface area is 107 Å². The van der Waals surface area contributed by atoms with Gasteiger partial charge in [-0.05, 0) is 26.2 Å². The molecule has 0 heterocycles. The van der Waals surface area contributed by atoms with Crippen molar-refractivity contribution in [2.45, 2.75) is 38.6 Å². The van der Waals surface area contributed by atoms with Gasteiger partial charge in [-0.3, -0.25) is 9.59 Å². The van der Waals surface area contributed by atoms with E-state index in [1.165, 1.54) is 0 Å². The van der Waals surface area contributed by atoms with E-state index in [1.807, 2.05) is 0 Å². The molecule has 5 nitrogen and oxygen atoms in total. The van der Waals surface area contributed by atoms with Crippen LogP contribution in [0.3, 0.4) is 0 Å². The van der Waals surface area contributed by atoms with Crippen molar-refractivity contribution in [1.82, 2.24) is 10.6 Å². The summed E-state index contributed by atoms with van der Waals surface area (Å²) in [6.07, 6.45) is 3.26. The van der Waals surface area contributed by atoms with Crippen molar-refractivity contribution in [1.29, 1.82) is 0 Å². The molecule has 1 unspecified atom stereocenters. The molecule has 0 saturated heterocycles. The first-order chi connectivity index (χ1) is 8.00. The maximum absolute atomic E-state index is 11.4. The van der Waals surface area contributed by atoms with Gasteiger partial charge in [-0.25, -0.2) is 0 Å². The summed E-state index contributed by atoms with van der Waals surface area (Å²) < 4.78 is 0. The summed E-state index contributed by atoms with van der Waals surface area (Å²) in [6.45, 7) is 2.14. The maximum atomic E-state index is 11.4. The van der Waals surface area contributed by atoms with Crippen molar-refractivity contribution in [2.75, 3.05) is 6.54 Å². The zero-order valence-corrected chi connectivity index (χ0v) is 10.8. The maximum Gasteiger partial charge on any atom is 0.229 e. The van der Waals surface area contributed by atoms with E-state index in [0.717, 1.165) is 12.8 Å². The SMILES string of the molecule is CC(C(=O)NCCCC(=O)NC1CC1)C(N)=S. The molecule has 1 fully saturated rings. The zero-order valence-electron chi connectivity index (χ0n) is 9.99. The summed E-state index contributed by atoms with van der Waals surface area (Å²) in [5.74, 6) is -0.575. The van der Waals surface area contributed by atoms with Gasteiger partial charge in [-0.15, -0.1) is 0 Å². The van der Waals surface area contributed by atoms with Crippen LogP contribution in [0.2, 0.25) is 0 Å². The van der Waals surface area contributed by atoms with Crippen LogP contribution >= 0.6 is 12.2 Å². The van der Waals surface area contributed by atoms with Crippen molar-refractivity contribution in [3.8, 4) is 0 Å². The van der Waals surface area contributed by atoms with Crippen LogP contribution in [-0.4, -0.2) is 29.4 Å². The number of nitrogens with one attached hydrogen (secondary N) is 2. The normalized spacial score (nSPS) is 16.1. The highest BCUT2D eigenvalue weighted by Crippen LogP contribution is 2.18. The van der Waals surface area contributed by atoms with Crippen LogP contribution in [-0.2, 0) is 9.59 Å². The molecule has 1 aliphatic rings. The second-order valence-electron chi connectivity index (χ2n) is 4.36. The van der Waals surface area contributed by atoms with E-state index in [9.17, 15) is 9.59 Å². The van der Waals surface area contributed by atoms with Crippen molar-refractivity contribution < 1.29 is 9.59 Å². The molecule has 17 heavy (non-hydrogen) atoms. The molecule has 0 radical (unpaired) electrons. The average molecular weight is 257 g/mol. The Bertz CT molecular complexity index is 316. The molecular formula is C11H19N3O2S. The van der Waals surface area contributed by atoms with Crippen molar-refractivity contribution in [3.05, 3.63) is 0 Å². The third kappa shape index (κ3) is 5.63. The Balaban J connectivity index is 2.04. The van der Waals surface area contributed by atoms with Crippen molar-refractivity contribution >= 4 is 29.0 Å². The molecule has 96 valence electrons. The van der Waals surface area contributed by atoms with E-state index in [-0.39, 0.29) is 16.8 Å². The molecule has 1 atom stereocenters. The topological polar surface area (TPSA) is 84.2 Å². The molecule has 4 N–H and O–H groups in total. The summed E-state index contributed by atoms with van der Waals surface area (Å²) in [5.41, 5.74) is 5.36. The minimum Gasteiger partial charge on any atom is -0.393 e. The number of thiocarbonyl (C=S) groups is 1. The van der Waals surface area contributed by atoms with Crippen molar-refractivity contribution in [2.24, 2.45) is 11.7 Å². The fourth-order valence-corrected chi connectivity index (χ4v) is 1.38. The number of rotatable bonds is 7.